The van der Waals surface area contributed by atoms with Gasteiger partial charge in [-0.05, 0) is 0 Å². The Bertz CT molecular complexity index is 292. The first-order valence-corrected chi connectivity index (χ1v) is 4.30. The minimum Gasteiger partial charge on any atom is -0.409 e. The molecule has 0 aliphatic heterocycles. The van der Waals surface area contributed by atoms with Crippen molar-refractivity contribution < 1.29 is 40.7 Å². The van der Waals surface area contributed by atoms with E-state index in [2.05, 4.69) is 15.6 Å². The van der Waals surface area contributed by atoms with Gasteiger partial charge in [0.05, 0.1) is 6.61 Å². The van der Waals surface area contributed by atoms with Crippen LogP contribution in [0.5, 0.6) is 0 Å². The summed E-state index contributed by atoms with van der Waals surface area (Å²) in [6, 6.07) is 0. The maximum Gasteiger partial charge on any atom is 0.401 e. The van der Waals surface area contributed by atoms with Crippen LogP contribution < -0.4 is 5.73 Å². The first-order valence-electron chi connectivity index (χ1n) is 4.30. The third-order valence-corrected chi connectivity index (χ3v) is 1.77. The van der Waals surface area contributed by atoms with Gasteiger partial charge in [-0.3, -0.25) is 0 Å². The van der Waals surface area contributed by atoms with E-state index in [-0.39, 0.29) is 0 Å². The van der Waals surface area contributed by atoms with Crippen molar-refractivity contribution in [2.45, 2.75) is 18.5 Å². The molecule has 0 heterocycles. The molecule has 11 heteroatoms. The monoisotopic (exact) mass is 286 g/mol. The number of hydrogen-bond acceptors (Lipinski definition) is 3. The topological polar surface area (TPSA) is 67.8 Å². The second-order valence-electron chi connectivity index (χ2n) is 3.20. The normalized spacial score (nSPS) is 16.1. The van der Waals surface area contributed by atoms with Crippen molar-refractivity contribution in [3.8, 4) is 0 Å². The summed E-state index contributed by atoms with van der Waals surface area (Å²) in [5.74, 6) is -8.54. The Morgan fingerprint density at radius 3 is 2.06 bits per heavy atom. The summed E-state index contributed by atoms with van der Waals surface area (Å²) < 4.78 is 88.5. The van der Waals surface area contributed by atoms with Crippen LogP contribution in [0.3, 0.4) is 0 Å². The Balaban J connectivity index is 4.48. The highest BCUT2D eigenvalue weighted by atomic mass is 19.4. The summed E-state index contributed by atoms with van der Waals surface area (Å²) >= 11 is 0. The molecular formula is C7H9F7N2O2. The Labute approximate surface area is 96.2 Å². The molecule has 0 fully saturated rings. The van der Waals surface area contributed by atoms with Gasteiger partial charge in [0.15, 0.2) is 5.84 Å². The van der Waals surface area contributed by atoms with E-state index < -0.39 is 43.5 Å². The fourth-order valence-corrected chi connectivity index (χ4v) is 0.793. The number of alkyl halides is 7. The molecular weight excluding hydrogens is 277 g/mol. The lowest BCUT2D eigenvalue weighted by Crippen LogP contribution is -2.41. The summed E-state index contributed by atoms with van der Waals surface area (Å²) in [4.78, 5) is 0. The molecule has 1 atom stereocenters. The molecule has 0 saturated carbocycles. The number of amidine groups is 1. The maximum atomic E-state index is 12.3. The second-order valence-corrected chi connectivity index (χ2v) is 3.20. The second kappa shape index (κ2) is 6.07. The molecule has 0 aliphatic rings. The van der Waals surface area contributed by atoms with E-state index in [0.29, 0.717) is 0 Å². The van der Waals surface area contributed by atoms with Crippen molar-refractivity contribution >= 4 is 5.84 Å². The van der Waals surface area contributed by atoms with E-state index >= 15 is 0 Å². The molecule has 0 aromatic heterocycles. The number of nitrogens with two attached hydrogens (primary N) is 1. The van der Waals surface area contributed by atoms with Crippen LogP contribution in [0.4, 0.5) is 30.7 Å². The standard InChI is InChI=1S/C7H9F7N2O2/c8-5(9)6(10,11)2-18-1-3(4(15)16-17)7(12,13)14/h3,5,17H,1-2H2,(H2,15,16). The van der Waals surface area contributed by atoms with Crippen molar-refractivity contribution in [2.75, 3.05) is 13.2 Å². The lowest BCUT2D eigenvalue weighted by molar-refractivity contribution is -0.193. The molecule has 18 heavy (non-hydrogen) atoms. The average molecular weight is 286 g/mol. The molecule has 0 bridgehead atoms. The Morgan fingerprint density at radius 1 is 1.22 bits per heavy atom. The zero-order chi connectivity index (χ0) is 14.6. The first kappa shape index (κ1) is 16.7. The van der Waals surface area contributed by atoms with Gasteiger partial charge in [-0.15, -0.1) is 0 Å². The summed E-state index contributed by atoms with van der Waals surface area (Å²) in [5.41, 5.74) is 4.68. The molecule has 1 unspecified atom stereocenters. The zero-order valence-corrected chi connectivity index (χ0v) is 8.59. The van der Waals surface area contributed by atoms with Crippen molar-refractivity contribution in [3.05, 3.63) is 0 Å². The Morgan fingerprint density at radius 2 is 1.72 bits per heavy atom. The minimum absolute atomic E-state index is 1.32. The Hall–Kier alpha value is -1.26. The number of halogens is 7. The number of ether oxygens (including phenoxy) is 1. The van der Waals surface area contributed by atoms with Crippen LogP contribution in [0.2, 0.25) is 0 Å². The van der Waals surface area contributed by atoms with Gasteiger partial charge in [0, 0.05) is 0 Å². The lowest BCUT2D eigenvalue weighted by atomic mass is 10.1. The van der Waals surface area contributed by atoms with Gasteiger partial charge in [0.25, 0.3) is 0 Å². The number of hydrogen-bond donors (Lipinski definition) is 2. The molecule has 108 valence electrons. The molecule has 3 N–H and O–H groups in total. The van der Waals surface area contributed by atoms with E-state index in [9.17, 15) is 30.7 Å². The molecule has 0 aliphatic carbocycles. The highest BCUT2D eigenvalue weighted by molar-refractivity contribution is 5.83. The number of nitrogens with zero attached hydrogens (tertiary/aromatic N) is 1. The van der Waals surface area contributed by atoms with Gasteiger partial charge in [-0.1, -0.05) is 5.16 Å². The van der Waals surface area contributed by atoms with E-state index in [1.54, 1.807) is 0 Å². The molecule has 0 saturated heterocycles. The van der Waals surface area contributed by atoms with Gasteiger partial charge >= 0.3 is 18.5 Å². The fraction of sp³-hybridized carbons (Fsp3) is 0.857. The first-order chi connectivity index (χ1) is 8.02. The van der Waals surface area contributed by atoms with E-state index in [1.807, 2.05) is 0 Å². The molecule has 0 spiro atoms. The molecule has 0 amide bonds. The molecule has 0 aromatic carbocycles. The quantitative estimate of drug-likeness (QED) is 0.257. The van der Waals surface area contributed by atoms with Gasteiger partial charge in [0.2, 0.25) is 0 Å². The van der Waals surface area contributed by atoms with E-state index in [4.69, 9.17) is 5.21 Å². The molecule has 0 rings (SSSR count). The van der Waals surface area contributed by atoms with Crippen LogP contribution in [0, 0.1) is 5.92 Å². The SMILES string of the molecule is NC(=NO)C(COCC(F)(F)C(F)F)C(F)(F)F. The van der Waals surface area contributed by atoms with Crippen molar-refractivity contribution in [3.63, 3.8) is 0 Å². The summed E-state index contributed by atoms with van der Waals surface area (Å²) in [7, 11) is 0. The minimum atomic E-state index is -5.02. The molecule has 0 radical (unpaired) electrons. The lowest BCUT2D eigenvalue weighted by Gasteiger charge is -2.21. The van der Waals surface area contributed by atoms with Gasteiger partial charge in [-0.2, -0.15) is 22.0 Å². The van der Waals surface area contributed by atoms with Crippen LogP contribution in [0.1, 0.15) is 0 Å². The zero-order valence-electron chi connectivity index (χ0n) is 8.59. The van der Waals surface area contributed by atoms with Crippen LogP contribution in [-0.4, -0.2) is 42.8 Å². The molecule has 4 nitrogen and oxygen atoms in total. The van der Waals surface area contributed by atoms with Gasteiger partial charge in [0.1, 0.15) is 12.5 Å². The smallest absolute Gasteiger partial charge is 0.401 e. The van der Waals surface area contributed by atoms with Gasteiger partial charge < -0.3 is 15.7 Å². The Kier molecular flexibility index (Phi) is 5.64. The van der Waals surface area contributed by atoms with Crippen molar-refractivity contribution in [2.24, 2.45) is 16.8 Å². The molecule has 0 aromatic rings. The number of oxime groups is 1. The largest absolute Gasteiger partial charge is 0.409 e. The third kappa shape index (κ3) is 4.94. The fourth-order valence-electron chi connectivity index (χ4n) is 0.793. The third-order valence-electron chi connectivity index (χ3n) is 1.77. The highest BCUT2D eigenvalue weighted by Crippen LogP contribution is 2.28. The van der Waals surface area contributed by atoms with Crippen molar-refractivity contribution in [1.29, 1.82) is 0 Å². The summed E-state index contributed by atoms with van der Waals surface area (Å²) in [6.07, 6.45) is -9.08. The van der Waals surface area contributed by atoms with E-state index in [0.717, 1.165) is 0 Å². The van der Waals surface area contributed by atoms with E-state index in [1.165, 1.54) is 0 Å². The predicted octanol–water partition coefficient (Wildman–Crippen LogP) is 1.83. The summed E-state index contributed by atoms with van der Waals surface area (Å²) in [5, 5.41) is 10.1. The van der Waals surface area contributed by atoms with Crippen LogP contribution in [0.15, 0.2) is 5.16 Å². The number of rotatable bonds is 6. The van der Waals surface area contributed by atoms with Crippen LogP contribution in [-0.2, 0) is 4.74 Å². The highest BCUT2D eigenvalue weighted by Gasteiger charge is 2.45. The van der Waals surface area contributed by atoms with Crippen LogP contribution in [0.25, 0.3) is 0 Å². The summed E-state index contributed by atoms with van der Waals surface area (Å²) in [6.45, 7) is -3.36. The average Bonchev–Trinajstić information content (AvgIpc) is 2.21. The maximum absolute atomic E-state index is 12.3. The predicted molar refractivity (Wildman–Crippen MR) is 44.7 cm³/mol. The van der Waals surface area contributed by atoms with Gasteiger partial charge in [-0.25, -0.2) is 8.78 Å². The van der Waals surface area contributed by atoms with Crippen molar-refractivity contribution in [1.82, 2.24) is 0 Å². The van der Waals surface area contributed by atoms with Crippen LogP contribution >= 0.6 is 0 Å².